The maximum absolute atomic E-state index is 5.54. The quantitative estimate of drug-likeness (QED) is 0.809. The highest BCUT2D eigenvalue weighted by atomic mass is 16.5. The maximum Gasteiger partial charge on any atom is 0.227 e. The molecule has 1 fully saturated rings. The minimum absolute atomic E-state index is 0.641. The Hall–Kier alpha value is -2.48. The SMILES string of the molecule is Cc1cc(N(C)C)nc(N2CCN(c3cc4c(nn3)CCOC4)CC2)n1. The predicted molar refractivity (Wildman–Crippen MR) is 101 cm³/mol. The maximum atomic E-state index is 5.54. The fraction of sp³-hybridized carbons (Fsp3) is 0.556. The van der Waals surface area contributed by atoms with Crippen molar-refractivity contribution in [3.8, 4) is 0 Å². The van der Waals surface area contributed by atoms with Crippen LogP contribution in [0.4, 0.5) is 17.6 Å². The third-order valence-corrected chi connectivity index (χ3v) is 4.86. The van der Waals surface area contributed by atoms with Crippen LogP contribution >= 0.6 is 0 Å². The molecule has 1 saturated heterocycles. The van der Waals surface area contributed by atoms with E-state index >= 15 is 0 Å². The Morgan fingerprint density at radius 1 is 1.00 bits per heavy atom. The van der Waals surface area contributed by atoms with Crippen molar-refractivity contribution < 1.29 is 4.74 Å². The van der Waals surface area contributed by atoms with E-state index in [2.05, 4.69) is 36.0 Å². The highest BCUT2D eigenvalue weighted by Gasteiger charge is 2.22. The lowest BCUT2D eigenvalue weighted by Crippen LogP contribution is -2.47. The topological polar surface area (TPSA) is 70.5 Å². The van der Waals surface area contributed by atoms with Crippen molar-refractivity contribution in [2.45, 2.75) is 20.0 Å². The molecule has 2 aromatic rings. The molecule has 0 bridgehead atoms. The summed E-state index contributed by atoms with van der Waals surface area (Å²) in [6.07, 6.45) is 0.856. The molecule has 0 spiro atoms. The summed E-state index contributed by atoms with van der Waals surface area (Å²) in [6, 6.07) is 4.13. The molecular formula is C18H25N7O. The number of piperazine rings is 1. The molecule has 0 atom stereocenters. The minimum Gasteiger partial charge on any atom is -0.376 e. The Labute approximate surface area is 153 Å². The van der Waals surface area contributed by atoms with Gasteiger partial charge in [0.05, 0.1) is 18.9 Å². The Kier molecular flexibility index (Phi) is 4.58. The molecule has 0 unspecified atom stereocenters. The summed E-state index contributed by atoms with van der Waals surface area (Å²) < 4.78 is 5.54. The van der Waals surface area contributed by atoms with Gasteiger partial charge in [-0.2, -0.15) is 10.1 Å². The van der Waals surface area contributed by atoms with Crippen molar-refractivity contribution in [1.82, 2.24) is 20.2 Å². The van der Waals surface area contributed by atoms with E-state index in [0.717, 1.165) is 68.2 Å². The standard InChI is InChI=1S/C18H25N7O/c1-13-10-16(23(2)3)20-18(19-13)25-7-5-24(6-8-25)17-11-14-12-26-9-4-15(14)21-22-17/h10-11H,4-9,12H2,1-3H3. The van der Waals surface area contributed by atoms with Gasteiger partial charge in [0.15, 0.2) is 5.82 Å². The van der Waals surface area contributed by atoms with Gasteiger partial charge in [0.2, 0.25) is 5.95 Å². The molecule has 0 amide bonds. The van der Waals surface area contributed by atoms with Crippen LogP contribution in [0.3, 0.4) is 0 Å². The lowest BCUT2D eigenvalue weighted by Gasteiger charge is -2.35. The first-order valence-electron chi connectivity index (χ1n) is 9.06. The van der Waals surface area contributed by atoms with Crippen LogP contribution in [0.25, 0.3) is 0 Å². The molecule has 0 aromatic carbocycles. The zero-order chi connectivity index (χ0) is 18.1. The fourth-order valence-electron chi connectivity index (χ4n) is 3.33. The first-order valence-corrected chi connectivity index (χ1v) is 9.06. The highest BCUT2D eigenvalue weighted by molar-refractivity contribution is 5.47. The van der Waals surface area contributed by atoms with E-state index in [4.69, 9.17) is 4.74 Å². The van der Waals surface area contributed by atoms with Crippen LogP contribution in [0.2, 0.25) is 0 Å². The second kappa shape index (κ2) is 7.03. The molecule has 0 N–H and O–H groups in total. The van der Waals surface area contributed by atoms with E-state index in [1.165, 1.54) is 5.56 Å². The zero-order valence-corrected chi connectivity index (χ0v) is 15.6. The third-order valence-electron chi connectivity index (χ3n) is 4.86. The molecule has 0 aliphatic carbocycles. The van der Waals surface area contributed by atoms with Crippen molar-refractivity contribution in [2.24, 2.45) is 0 Å². The molecule has 8 nitrogen and oxygen atoms in total. The molecule has 2 aromatic heterocycles. The molecule has 2 aliphatic heterocycles. The van der Waals surface area contributed by atoms with Crippen molar-refractivity contribution >= 4 is 17.6 Å². The number of rotatable bonds is 3. The van der Waals surface area contributed by atoms with Gasteiger partial charge in [-0.15, -0.1) is 5.10 Å². The third kappa shape index (κ3) is 3.41. The van der Waals surface area contributed by atoms with Gasteiger partial charge < -0.3 is 19.4 Å². The van der Waals surface area contributed by atoms with Crippen LogP contribution in [0, 0.1) is 6.92 Å². The van der Waals surface area contributed by atoms with Crippen LogP contribution in [0.1, 0.15) is 17.0 Å². The van der Waals surface area contributed by atoms with Crippen molar-refractivity contribution in [3.63, 3.8) is 0 Å². The van der Waals surface area contributed by atoms with E-state index in [1.54, 1.807) is 0 Å². The average molecular weight is 355 g/mol. The Morgan fingerprint density at radius 2 is 1.77 bits per heavy atom. The number of nitrogens with zero attached hydrogens (tertiary/aromatic N) is 7. The van der Waals surface area contributed by atoms with E-state index < -0.39 is 0 Å². The summed E-state index contributed by atoms with van der Waals surface area (Å²) in [4.78, 5) is 15.8. The molecule has 4 heterocycles. The smallest absolute Gasteiger partial charge is 0.227 e. The van der Waals surface area contributed by atoms with Gasteiger partial charge in [-0.25, -0.2) is 4.98 Å². The van der Waals surface area contributed by atoms with Gasteiger partial charge in [0.1, 0.15) is 5.82 Å². The second-order valence-electron chi connectivity index (χ2n) is 7.01. The molecule has 0 radical (unpaired) electrons. The van der Waals surface area contributed by atoms with Crippen LogP contribution in [0.15, 0.2) is 12.1 Å². The summed E-state index contributed by atoms with van der Waals surface area (Å²) in [5.74, 6) is 2.68. The van der Waals surface area contributed by atoms with Crippen molar-refractivity contribution in [2.75, 3.05) is 61.6 Å². The minimum atomic E-state index is 0.641. The van der Waals surface area contributed by atoms with Gasteiger partial charge in [0.25, 0.3) is 0 Å². The molecule has 26 heavy (non-hydrogen) atoms. The Morgan fingerprint density at radius 3 is 2.54 bits per heavy atom. The van der Waals surface area contributed by atoms with Gasteiger partial charge >= 0.3 is 0 Å². The second-order valence-corrected chi connectivity index (χ2v) is 7.01. The first kappa shape index (κ1) is 17.0. The summed E-state index contributed by atoms with van der Waals surface area (Å²) in [5.41, 5.74) is 3.23. The van der Waals surface area contributed by atoms with E-state index in [1.807, 2.05) is 32.0 Å². The summed E-state index contributed by atoms with van der Waals surface area (Å²) in [6.45, 7) is 6.88. The van der Waals surface area contributed by atoms with Gasteiger partial charge in [-0.3, -0.25) is 0 Å². The lowest BCUT2D eigenvalue weighted by atomic mass is 10.1. The van der Waals surface area contributed by atoms with Crippen LogP contribution in [0.5, 0.6) is 0 Å². The monoisotopic (exact) mass is 355 g/mol. The molecule has 138 valence electrons. The molecule has 0 saturated carbocycles. The summed E-state index contributed by atoms with van der Waals surface area (Å²) in [5, 5.41) is 8.83. The molecular weight excluding hydrogens is 330 g/mol. The number of aromatic nitrogens is 4. The average Bonchev–Trinajstić information content (AvgIpc) is 2.67. The number of ether oxygens (including phenoxy) is 1. The predicted octanol–water partition coefficient (Wildman–Crippen LogP) is 1.04. The normalized spacial score (nSPS) is 17.2. The fourth-order valence-corrected chi connectivity index (χ4v) is 3.33. The highest BCUT2D eigenvalue weighted by Crippen LogP contribution is 2.22. The lowest BCUT2D eigenvalue weighted by molar-refractivity contribution is 0.109. The number of hydrogen-bond donors (Lipinski definition) is 0. The van der Waals surface area contributed by atoms with Crippen LogP contribution < -0.4 is 14.7 Å². The van der Waals surface area contributed by atoms with Crippen molar-refractivity contribution in [3.05, 3.63) is 29.1 Å². The Bertz CT molecular complexity index is 787. The van der Waals surface area contributed by atoms with Gasteiger partial charge in [-0.05, 0) is 13.0 Å². The molecule has 2 aliphatic rings. The van der Waals surface area contributed by atoms with Crippen LogP contribution in [-0.4, -0.2) is 67.0 Å². The molecule has 8 heteroatoms. The number of aryl methyl sites for hydroxylation is 1. The van der Waals surface area contributed by atoms with Gasteiger partial charge in [0, 0.05) is 64.0 Å². The summed E-state index contributed by atoms with van der Waals surface area (Å²) >= 11 is 0. The first-order chi connectivity index (χ1) is 12.6. The van der Waals surface area contributed by atoms with Crippen molar-refractivity contribution in [1.29, 1.82) is 0 Å². The van der Waals surface area contributed by atoms with E-state index in [0.29, 0.717) is 6.61 Å². The van der Waals surface area contributed by atoms with Crippen LogP contribution in [-0.2, 0) is 17.8 Å². The zero-order valence-electron chi connectivity index (χ0n) is 15.6. The van der Waals surface area contributed by atoms with E-state index in [9.17, 15) is 0 Å². The largest absolute Gasteiger partial charge is 0.376 e. The number of hydrogen-bond acceptors (Lipinski definition) is 8. The number of fused-ring (bicyclic) bond motifs is 1. The van der Waals surface area contributed by atoms with Gasteiger partial charge in [-0.1, -0.05) is 0 Å². The van der Waals surface area contributed by atoms with E-state index in [-0.39, 0.29) is 0 Å². The Balaban J connectivity index is 1.46. The molecule has 4 rings (SSSR count). The summed E-state index contributed by atoms with van der Waals surface area (Å²) in [7, 11) is 4.00. The number of anilines is 3.